The Morgan fingerprint density at radius 3 is 2.06 bits per heavy atom. The summed E-state index contributed by atoms with van der Waals surface area (Å²) < 4.78 is 13.8. The Morgan fingerprint density at radius 1 is 0.491 bits per heavy atom. The highest BCUT2D eigenvalue weighted by atomic mass is 32.1. The van der Waals surface area contributed by atoms with Crippen molar-refractivity contribution in [3.8, 4) is 11.4 Å². The normalized spacial score (nSPS) is 13.1. The molecule has 250 valence electrons. The number of para-hydroxylation sites is 2. The number of hydrogen-bond donors (Lipinski definition) is 0. The van der Waals surface area contributed by atoms with Gasteiger partial charge >= 0.3 is 0 Å². The van der Waals surface area contributed by atoms with Gasteiger partial charge in [0.25, 0.3) is 0 Å². The number of benzene rings is 7. The molecular weight excluding hydrogens is 665 g/mol. The van der Waals surface area contributed by atoms with Gasteiger partial charge in [0.15, 0.2) is 0 Å². The smallest absolute Gasteiger partial charge is 0.135 e. The van der Waals surface area contributed by atoms with E-state index in [4.69, 9.17) is 4.42 Å². The van der Waals surface area contributed by atoms with Crippen molar-refractivity contribution >= 4 is 92.2 Å². The lowest BCUT2D eigenvalue weighted by Gasteiger charge is -2.12. The Balaban J connectivity index is 1.00. The van der Waals surface area contributed by atoms with E-state index in [2.05, 4.69) is 161 Å². The molecule has 4 heterocycles. The van der Waals surface area contributed by atoms with Crippen LogP contribution in [0.25, 0.3) is 92.3 Å². The molecule has 53 heavy (non-hydrogen) atoms. The van der Waals surface area contributed by atoms with Crippen LogP contribution in [0.4, 0.5) is 0 Å². The first-order valence-electron chi connectivity index (χ1n) is 18.4. The van der Waals surface area contributed by atoms with Gasteiger partial charge in [0.05, 0.1) is 16.6 Å². The number of rotatable bonds is 4. The molecule has 3 nitrogen and oxygen atoms in total. The lowest BCUT2D eigenvalue weighted by atomic mass is 9.98. The summed E-state index contributed by atoms with van der Waals surface area (Å²) in [4.78, 5) is 0. The standard InChI is InChI=1S/C49H32N2OS/c1-5-13-42-34(9-1)36-21-17-30(26-44(36)50(42)32-19-23-47-40(28-32)38-11-3-7-15-46(38)52-47)25-31-18-22-37-35-10-2-6-14-43(35)51(45(37)27-31)33-20-24-49-41(29-33)39-12-4-8-16-48(39)53-49/h2-8,10-24,26-29H,1,9,25H2. The fourth-order valence-corrected chi connectivity index (χ4v) is 10.1. The number of fused-ring (bicyclic) bond motifs is 12. The molecule has 0 saturated heterocycles. The number of furan rings is 1. The van der Waals surface area contributed by atoms with Crippen LogP contribution in [0.1, 0.15) is 28.8 Å². The van der Waals surface area contributed by atoms with Crippen LogP contribution < -0.4 is 0 Å². The molecule has 0 bridgehead atoms. The average molecular weight is 697 g/mol. The van der Waals surface area contributed by atoms with E-state index in [0.29, 0.717) is 0 Å². The van der Waals surface area contributed by atoms with Crippen molar-refractivity contribution in [2.45, 2.75) is 19.3 Å². The molecule has 4 heteroatoms. The van der Waals surface area contributed by atoms with Gasteiger partial charge in [0.1, 0.15) is 11.2 Å². The molecule has 0 fully saturated rings. The lowest BCUT2D eigenvalue weighted by Crippen LogP contribution is -2.00. The maximum atomic E-state index is 6.20. The molecule has 0 radical (unpaired) electrons. The topological polar surface area (TPSA) is 23.0 Å². The molecule has 12 rings (SSSR count). The third-order valence-electron chi connectivity index (χ3n) is 11.4. The summed E-state index contributed by atoms with van der Waals surface area (Å²) in [5, 5.41) is 8.86. The third-order valence-corrected chi connectivity index (χ3v) is 12.6. The van der Waals surface area contributed by atoms with Crippen LogP contribution in [0.2, 0.25) is 0 Å². The molecule has 0 aliphatic heterocycles. The van der Waals surface area contributed by atoms with Crippen molar-refractivity contribution in [2.24, 2.45) is 0 Å². The highest BCUT2D eigenvalue weighted by Crippen LogP contribution is 2.40. The number of allylic oxidation sites excluding steroid dienone is 1. The molecule has 0 amide bonds. The summed E-state index contributed by atoms with van der Waals surface area (Å²) in [5.74, 6) is 0. The van der Waals surface area contributed by atoms with Crippen molar-refractivity contribution < 1.29 is 4.42 Å². The van der Waals surface area contributed by atoms with Crippen LogP contribution in [-0.4, -0.2) is 9.13 Å². The minimum absolute atomic E-state index is 0.846. The Labute approximate surface area is 309 Å². The van der Waals surface area contributed by atoms with Gasteiger partial charge in [0, 0.05) is 64.2 Å². The van der Waals surface area contributed by atoms with E-state index >= 15 is 0 Å². The Morgan fingerprint density at radius 2 is 1.15 bits per heavy atom. The maximum absolute atomic E-state index is 6.20. The van der Waals surface area contributed by atoms with Crippen molar-refractivity contribution in [3.63, 3.8) is 0 Å². The first-order valence-corrected chi connectivity index (χ1v) is 19.2. The highest BCUT2D eigenvalue weighted by molar-refractivity contribution is 7.25. The van der Waals surface area contributed by atoms with Gasteiger partial charge in [-0.25, -0.2) is 0 Å². The zero-order chi connectivity index (χ0) is 34.6. The van der Waals surface area contributed by atoms with Gasteiger partial charge in [-0.3, -0.25) is 0 Å². The largest absolute Gasteiger partial charge is 0.456 e. The zero-order valence-electron chi connectivity index (χ0n) is 28.8. The molecule has 1 aliphatic carbocycles. The fourth-order valence-electron chi connectivity index (χ4n) is 9.02. The molecule has 11 aromatic rings. The first kappa shape index (κ1) is 29.2. The average Bonchev–Trinajstić information content (AvgIpc) is 3.94. The second-order valence-corrected chi connectivity index (χ2v) is 15.5. The summed E-state index contributed by atoms with van der Waals surface area (Å²) in [5.41, 5.74) is 13.3. The van der Waals surface area contributed by atoms with Crippen LogP contribution in [-0.2, 0) is 12.8 Å². The van der Waals surface area contributed by atoms with Crippen LogP contribution in [0.3, 0.4) is 0 Å². The van der Waals surface area contributed by atoms with Crippen LogP contribution in [0.15, 0.2) is 156 Å². The number of aromatic nitrogens is 2. The lowest BCUT2D eigenvalue weighted by molar-refractivity contribution is 0.669. The van der Waals surface area contributed by atoms with Gasteiger partial charge in [-0.15, -0.1) is 11.3 Å². The summed E-state index contributed by atoms with van der Waals surface area (Å²) in [7, 11) is 0. The highest BCUT2D eigenvalue weighted by Gasteiger charge is 2.21. The quantitative estimate of drug-likeness (QED) is 0.180. The van der Waals surface area contributed by atoms with E-state index in [0.717, 1.165) is 41.2 Å². The fraction of sp³-hybridized carbons (Fsp3) is 0.0612. The molecular formula is C49H32N2OS. The minimum Gasteiger partial charge on any atom is -0.456 e. The summed E-state index contributed by atoms with van der Waals surface area (Å²) >= 11 is 1.87. The molecule has 4 aromatic heterocycles. The predicted molar refractivity (Wildman–Crippen MR) is 224 cm³/mol. The summed E-state index contributed by atoms with van der Waals surface area (Å²) in [6.45, 7) is 0. The predicted octanol–water partition coefficient (Wildman–Crippen LogP) is 13.5. The monoisotopic (exact) mass is 696 g/mol. The van der Waals surface area contributed by atoms with Crippen molar-refractivity contribution in [2.75, 3.05) is 0 Å². The van der Waals surface area contributed by atoms with Crippen LogP contribution in [0.5, 0.6) is 0 Å². The molecule has 7 aromatic carbocycles. The van der Waals surface area contributed by atoms with E-state index in [1.165, 1.54) is 86.6 Å². The number of nitrogens with zero attached hydrogens (tertiary/aromatic N) is 2. The molecule has 0 unspecified atom stereocenters. The van der Waals surface area contributed by atoms with Gasteiger partial charge in [-0.1, -0.05) is 84.9 Å². The number of thiophene rings is 1. The Kier molecular flexibility index (Phi) is 6.11. The summed E-state index contributed by atoms with van der Waals surface area (Å²) in [6.07, 6.45) is 7.61. The van der Waals surface area contributed by atoms with Gasteiger partial charge in [0.2, 0.25) is 0 Å². The Bertz CT molecular complexity index is 3330. The second kappa shape index (κ2) is 11.1. The van der Waals surface area contributed by atoms with E-state index in [9.17, 15) is 0 Å². The summed E-state index contributed by atoms with van der Waals surface area (Å²) in [6, 6.07) is 53.7. The van der Waals surface area contributed by atoms with Gasteiger partial charge in [-0.2, -0.15) is 0 Å². The molecule has 0 spiro atoms. The van der Waals surface area contributed by atoms with Gasteiger partial charge < -0.3 is 13.6 Å². The van der Waals surface area contributed by atoms with E-state index < -0.39 is 0 Å². The second-order valence-electron chi connectivity index (χ2n) is 14.4. The molecule has 0 saturated carbocycles. The molecule has 0 N–H and O–H groups in total. The SMILES string of the molecule is C1=Cc2c(c3ccc(Cc4ccc5c6ccccc6n(-c6ccc7sc8ccccc8c7c6)c5c4)cc3n2-c2ccc3oc4ccccc4c3c2)CC1. The molecule has 1 aliphatic rings. The number of aryl methyl sites for hydroxylation is 1. The van der Waals surface area contributed by atoms with Crippen molar-refractivity contribution in [1.29, 1.82) is 0 Å². The van der Waals surface area contributed by atoms with Crippen molar-refractivity contribution in [3.05, 3.63) is 174 Å². The van der Waals surface area contributed by atoms with Crippen LogP contribution in [0, 0.1) is 0 Å². The maximum Gasteiger partial charge on any atom is 0.135 e. The van der Waals surface area contributed by atoms with E-state index in [1.54, 1.807) is 0 Å². The Hall–Kier alpha value is -6.36. The minimum atomic E-state index is 0.846. The van der Waals surface area contributed by atoms with Crippen molar-refractivity contribution in [1.82, 2.24) is 9.13 Å². The van der Waals surface area contributed by atoms with Crippen LogP contribution >= 0.6 is 11.3 Å². The zero-order valence-corrected chi connectivity index (χ0v) is 29.7. The van der Waals surface area contributed by atoms with E-state index in [-0.39, 0.29) is 0 Å². The number of hydrogen-bond acceptors (Lipinski definition) is 2. The van der Waals surface area contributed by atoms with E-state index in [1.807, 2.05) is 17.4 Å². The van der Waals surface area contributed by atoms with Gasteiger partial charge in [-0.05, 0) is 109 Å². The molecule has 0 atom stereocenters. The third kappa shape index (κ3) is 4.33. The first-order chi connectivity index (χ1) is 26.2.